The van der Waals surface area contributed by atoms with Crippen LogP contribution in [0, 0.1) is 5.82 Å². The van der Waals surface area contributed by atoms with Crippen LogP contribution in [0.4, 0.5) is 10.1 Å². The first kappa shape index (κ1) is 16.3. The lowest BCUT2D eigenvalue weighted by Crippen LogP contribution is -2.35. The van der Waals surface area contributed by atoms with Crippen LogP contribution in [-0.2, 0) is 6.54 Å². The number of halogens is 1. The first-order valence-corrected chi connectivity index (χ1v) is 8.13. The molecule has 2 nitrogen and oxygen atoms in total. The maximum absolute atomic E-state index is 14.4. The van der Waals surface area contributed by atoms with Crippen molar-refractivity contribution in [1.29, 1.82) is 0 Å². The molecule has 1 fully saturated rings. The molecule has 1 aromatic carbocycles. The molecule has 1 N–H and O–H groups in total. The molecule has 3 heteroatoms. The molecule has 1 aromatic rings. The fraction of sp³-hybridized carbons (Fsp3) is 0.667. The van der Waals surface area contributed by atoms with E-state index in [4.69, 9.17) is 0 Å². The molecular formula is C18H29FN2. The molecule has 0 heterocycles. The Kier molecular flexibility index (Phi) is 5.26. The van der Waals surface area contributed by atoms with Gasteiger partial charge >= 0.3 is 0 Å². The third-order valence-electron chi connectivity index (χ3n) is 4.34. The van der Waals surface area contributed by atoms with E-state index < -0.39 is 0 Å². The van der Waals surface area contributed by atoms with Gasteiger partial charge in [0.2, 0.25) is 0 Å². The zero-order valence-electron chi connectivity index (χ0n) is 13.9. The van der Waals surface area contributed by atoms with Crippen molar-refractivity contribution in [2.45, 2.75) is 71.0 Å². The summed E-state index contributed by atoms with van der Waals surface area (Å²) in [4.78, 5) is 2.13. The number of hydrogen-bond donors (Lipinski definition) is 1. The van der Waals surface area contributed by atoms with E-state index in [-0.39, 0.29) is 11.4 Å². The van der Waals surface area contributed by atoms with E-state index in [0.717, 1.165) is 11.3 Å². The lowest BCUT2D eigenvalue weighted by Gasteiger charge is -2.33. The van der Waals surface area contributed by atoms with Crippen molar-refractivity contribution >= 4 is 5.69 Å². The van der Waals surface area contributed by atoms with Gasteiger partial charge in [-0.2, -0.15) is 0 Å². The Morgan fingerprint density at radius 1 is 1.19 bits per heavy atom. The summed E-state index contributed by atoms with van der Waals surface area (Å²) in [5.74, 6) is -0.101. The van der Waals surface area contributed by atoms with Gasteiger partial charge in [0.25, 0.3) is 0 Å². The van der Waals surface area contributed by atoms with Crippen LogP contribution in [0.5, 0.6) is 0 Å². The Labute approximate surface area is 128 Å². The van der Waals surface area contributed by atoms with Gasteiger partial charge in [-0.05, 0) is 51.3 Å². The van der Waals surface area contributed by atoms with Crippen molar-refractivity contribution in [3.8, 4) is 0 Å². The monoisotopic (exact) mass is 292 g/mol. The van der Waals surface area contributed by atoms with E-state index in [9.17, 15) is 4.39 Å². The number of anilines is 1. The van der Waals surface area contributed by atoms with E-state index in [1.807, 2.05) is 19.2 Å². The Balaban J connectivity index is 2.04. The van der Waals surface area contributed by atoms with E-state index in [0.29, 0.717) is 12.6 Å². The Morgan fingerprint density at radius 2 is 1.86 bits per heavy atom. The van der Waals surface area contributed by atoms with Crippen LogP contribution in [0.15, 0.2) is 18.2 Å². The van der Waals surface area contributed by atoms with Crippen LogP contribution < -0.4 is 10.2 Å². The lowest BCUT2D eigenvalue weighted by atomic mass is 9.94. The Morgan fingerprint density at radius 3 is 2.43 bits per heavy atom. The van der Waals surface area contributed by atoms with E-state index in [1.54, 1.807) is 6.07 Å². The molecule has 0 aliphatic heterocycles. The topological polar surface area (TPSA) is 15.3 Å². The lowest BCUT2D eigenvalue weighted by molar-refractivity contribution is 0.421. The summed E-state index contributed by atoms with van der Waals surface area (Å²) in [6.07, 6.45) is 6.23. The maximum atomic E-state index is 14.4. The van der Waals surface area contributed by atoms with E-state index in [1.165, 1.54) is 32.1 Å². The molecule has 1 saturated carbocycles. The van der Waals surface area contributed by atoms with Crippen LogP contribution in [0.2, 0.25) is 0 Å². The number of rotatable bonds is 4. The highest BCUT2D eigenvalue weighted by atomic mass is 19.1. The summed E-state index contributed by atoms with van der Waals surface area (Å²) in [5, 5.41) is 3.40. The van der Waals surface area contributed by atoms with Crippen molar-refractivity contribution in [3.05, 3.63) is 29.6 Å². The maximum Gasteiger partial charge on any atom is 0.146 e. The molecule has 0 atom stereocenters. The molecule has 0 saturated heterocycles. The first-order chi connectivity index (χ1) is 9.87. The van der Waals surface area contributed by atoms with Gasteiger partial charge in [0.05, 0.1) is 5.69 Å². The van der Waals surface area contributed by atoms with Crippen LogP contribution in [-0.4, -0.2) is 18.6 Å². The summed E-state index contributed by atoms with van der Waals surface area (Å²) in [6.45, 7) is 7.06. The molecule has 2 rings (SSSR count). The minimum atomic E-state index is -0.101. The summed E-state index contributed by atoms with van der Waals surface area (Å²) in [6, 6.07) is 6.14. The van der Waals surface area contributed by atoms with Crippen LogP contribution in [0.25, 0.3) is 0 Å². The second kappa shape index (κ2) is 6.78. The van der Waals surface area contributed by atoms with Gasteiger partial charge < -0.3 is 10.2 Å². The zero-order valence-corrected chi connectivity index (χ0v) is 13.9. The largest absolute Gasteiger partial charge is 0.369 e. The third kappa shape index (κ3) is 4.70. The standard InChI is InChI=1S/C18H29FN2/c1-18(2,3)20-13-14-10-11-17(16(19)12-14)21(4)15-8-6-5-7-9-15/h10-12,15,20H,5-9,13H2,1-4H3. The molecule has 0 unspecified atom stereocenters. The second-order valence-electron chi connectivity index (χ2n) is 7.29. The van der Waals surface area contributed by atoms with E-state index >= 15 is 0 Å². The van der Waals surface area contributed by atoms with Crippen LogP contribution >= 0.6 is 0 Å². The van der Waals surface area contributed by atoms with Gasteiger partial charge in [-0.15, -0.1) is 0 Å². The number of nitrogens with zero attached hydrogens (tertiary/aromatic N) is 1. The molecule has 0 aromatic heterocycles. The smallest absolute Gasteiger partial charge is 0.146 e. The van der Waals surface area contributed by atoms with Gasteiger partial charge in [0.1, 0.15) is 5.82 Å². The fourth-order valence-corrected chi connectivity index (χ4v) is 2.98. The summed E-state index contributed by atoms with van der Waals surface area (Å²) < 4.78 is 14.4. The minimum absolute atomic E-state index is 0.0496. The summed E-state index contributed by atoms with van der Waals surface area (Å²) >= 11 is 0. The molecule has 21 heavy (non-hydrogen) atoms. The quantitative estimate of drug-likeness (QED) is 0.880. The second-order valence-corrected chi connectivity index (χ2v) is 7.29. The number of benzene rings is 1. The van der Waals surface area contributed by atoms with Crippen LogP contribution in [0.3, 0.4) is 0 Å². The van der Waals surface area contributed by atoms with Gasteiger partial charge in [0.15, 0.2) is 0 Å². The van der Waals surface area contributed by atoms with Crippen molar-refractivity contribution < 1.29 is 4.39 Å². The average molecular weight is 292 g/mol. The normalized spacial score (nSPS) is 17.0. The van der Waals surface area contributed by atoms with Crippen molar-refractivity contribution in [2.24, 2.45) is 0 Å². The summed E-state index contributed by atoms with van der Waals surface area (Å²) in [7, 11) is 2.03. The fourth-order valence-electron chi connectivity index (χ4n) is 2.98. The number of hydrogen-bond acceptors (Lipinski definition) is 2. The van der Waals surface area contributed by atoms with Crippen molar-refractivity contribution in [3.63, 3.8) is 0 Å². The molecule has 1 aliphatic rings. The van der Waals surface area contributed by atoms with Crippen molar-refractivity contribution in [1.82, 2.24) is 5.32 Å². The predicted octanol–water partition coefficient (Wildman–Crippen LogP) is 4.48. The molecular weight excluding hydrogens is 263 g/mol. The van der Waals surface area contributed by atoms with Gasteiger partial charge in [-0.25, -0.2) is 4.39 Å². The molecule has 0 spiro atoms. The molecule has 0 amide bonds. The van der Waals surface area contributed by atoms with E-state index in [2.05, 4.69) is 31.0 Å². The van der Waals surface area contributed by atoms with Gasteiger partial charge in [-0.3, -0.25) is 0 Å². The van der Waals surface area contributed by atoms with Gasteiger partial charge in [-0.1, -0.05) is 25.3 Å². The highest BCUT2D eigenvalue weighted by Crippen LogP contribution is 2.28. The molecule has 118 valence electrons. The summed E-state index contributed by atoms with van der Waals surface area (Å²) in [5.41, 5.74) is 1.79. The minimum Gasteiger partial charge on any atom is -0.369 e. The highest BCUT2D eigenvalue weighted by Gasteiger charge is 2.20. The SMILES string of the molecule is CN(c1ccc(CNC(C)(C)C)cc1F)C1CCCCC1. The van der Waals surface area contributed by atoms with Crippen molar-refractivity contribution in [2.75, 3.05) is 11.9 Å². The third-order valence-corrected chi connectivity index (χ3v) is 4.34. The zero-order chi connectivity index (χ0) is 15.5. The molecule has 0 bridgehead atoms. The van der Waals surface area contributed by atoms with Gasteiger partial charge in [0, 0.05) is 25.2 Å². The molecule has 0 radical (unpaired) electrons. The average Bonchev–Trinajstić information content (AvgIpc) is 2.45. The Hall–Kier alpha value is -1.09. The molecule has 1 aliphatic carbocycles. The predicted molar refractivity (Wildman–Crippen MR) is 88.3 cm³/mol. The highest BCUT2D eigenvalue weighted by molar-refractivity contribution is 5.49. The van der Waals surface area contributed by atoms with Crippen LogP contribution in [0.1, 0.15) is 58.4 Å². The first-order valence-electron chi connectivity index (χ1n) is 8.13. The Bertz CT molecular complexity index is 459. The number of nitrogens with one attached hydrogen (secondary N) is 1.